The molecule has 0 saturated heterocycles. The van der Waals surface area contributed by atoms with Crippen LogP contribution < -0.4 is 5.32 Å². The average molecular weight is 387 g/mol. The summed E-state index contributed by atoms with van der Waals surface area (Å²) >= 11 is 6.17. The Morgan fingerprint density at radius 3 is 2.59 bits per heavy atom. The van der Waals surface area contributed by atoms with Gasteiger partial charge in [-0.05, 0) is 42.8 Å². The summed E-state index contributed by atoms with van der Waals surface area (Å²) in [7, 11) is 1.78. The minimum atomic E-state index is -1.12. The molecule has 0 spiro atoms. The number of carbonyl (C=O) groups is 2. The number of nitrogens with zero attached hydrogens (tertiary/aromatic N) is 3. The van der Waals surface area contributed by atoms with Gasteiger partial charge in [-0.3, -0.25) is 9.48 Å². The van der Waals surface area contributed by atoms with E-state index in [-0.39, 0.29) is 17.0 Å². The van der Waals surface area contributed by atoms with E-state index in [9.17, 15) is 14.7 Å². The van der Waals surface area contributed by atoms with E-state index in [0.29, 0.717) is 0 Å². The second-order valence-electron chi connectivity index (χ2n) is 6.20. The smallest absolute Gasteiger partial charge is 0.326 e. The molecule has 1 atom stereocenters. The first kappa shape index (κ1) is 18.7. The number of carboxylic acid groups (broad SMARTS) is 1. The van der Waals surface area contributed by atoms with Crippen molar-refractivity contribution >= 4 is 23.5 Å². The zero-order valence-electron chi connectivity index (χ0n) is 14.9. The third-order valence-corrected chi connectivity index (χ3v) is 4.79. The maximum absolute atomic E-state index is 12.7. The van der Waals surface area contributed by atoms with Crippen LogP contribution in [0.1, 0.15) is 21.6 Å². The quantitative estimate of drug-likeness (QED) is 0.681. The third-order valence-electron chi connectivity index (χ3n) is 4.46. The molecular formula is C19H19ClN4O3. The van der Waals surface area contributed by atoms with E-state index in [4.69, 9.17) is 11.6 Å². The van der Waals surface area contributed by atoms with Crippen LogP contribution in [0.4, 0.5) is 0 Å². The first-order valence-corrected chi connectivity index (χ1v) is 8.68. The molecule has 0 radical (unpaired) electrons. The second kappa shape index (κ2) is 7.67. The van der Waals surface area contributed by atoms with Crippen molar-refractivity contribution in [1.82, 2.24) is 19.7 Å². The molecule has 0 aliphatic rings. The Labute approximate surface area is 161 Å². The van der Waals surface area contributed by atoms with Gasteiger partial charge in [0.1, 0.15) is 6.04 Å². The fourth-order valence-corrected chi connectivity index (χ4v) is 2.96. The van der Waals surface area contributed by atoms with Gasteiger partial charge < -0.3 is 15.0 Å². The molecule has 0 saturated carbocycles. The van der Waals surface area contributed by atoms with Gasteiger partial charge in [-0.1, -0.05) is 11.6 Å². The summed E-state index contributed by atoms with van der Waals surface area (Å²) in [5.74, 6) is -1.66. The maximum atomic E-state index is 12.7. The lowest BCUT2D eigenvalue weighted by molar-refractivity contribution is -0.139. The summed E-state index contributed by atoms with van der Waals surface area (Å²) in [5, 5.41) is 16.4. The number of aromatic nitrogens is 3. The van der Waals surface area contributed by atoms with Crippen molar-refractivity contribution in [2.24, 2.45) is 7.05 Å². The number of hydrogen-bond acceptors (Lipinski definition) is 3. The number of hydrogen-bond donors (Lipinski definition) is 2. The number of aliphatic carboxylic acids is 1. The molecule has 3 rings (SSSR count). The fourth-order valence-electron chi connectivity index (χ4n) is 2.76. The average Bonchev–Trinajstić information content (AvgIpc) is 3.27. The summed E-state index contributed by atoms with van der Waals surface area (Å²) in [6.45, 7) is 1.85. The van der Waals surface area contributed by atoms with E-state index < -0.39 is 17.9 Å². The molecule has 2 N–H and O–H groups in total. The van der Waals surface area contributed by atoms with Gasteiger partial charge in [0, 0.05) is 37.2 Å². The maximum Gasteiger partial charge on any atom is 0.326 e. The van der Waals surface area contributed by atoms with Crippen LogP contribution in [0.5, 0.6) is 0 Å². The van der Waals surface area contributed by atoms with E-state index in [1.54, 1.807) is 36.1 Å². The molecule has 7 nitrogen and oxygen atoms in total. The second-order valence-corrected chi connectivity index (χ2v) is 6.61. The summed E-state index contributed by atoms with van der Waals surface area (Å²) in [5.41, 5.74) is 2.59. The zero-order valence-corrected chi connectivity index (χ0v) is 15.6. The van der Waals surface area contributed by atoms with Gasteiger partial charge in [-0.15, -0.1) is 0 Å². The lowest BCUT2D eigenvalue weighted by atomic mass is 10.1. The molecule has 0 aliphatic heterocycles. The molecular weight excluding hydrogens is 368 g/mol. The lowest BCUT2D eigenvalue weighted by Crippen LogP contribution is -2.42. The van der Waals surface area contributed by atoms with E-state index >= 15 is 0 Å². The Kier molecular flexibility index (Phi) is 5.32. The van der Waals surface area contributed by atoms with Crippen LogP contribution in [0.3, 0.4) is 0 Å². The van der Waals surface area contributed by atoms with Crippen LogP contribution in [-0.2, 0) is 18.3 Å². The number of benzene rings is 1. The summed E-state index contributed by atoms with van der Waals surface area (Å²) < 4.78 is 3.49. The van der Waals surface area contributed by atoms with Crippen molar-refractivity contribution in [3.63, 3.8) is 0 Å². The van der Waals surface area contributed by atoms with E-state index in [1.165, 1.54) is 0 Å². The molecule has 0 fully saturated rings. The van der Waals surface area contributed by atoms with E-state index in [1.807, 2.05) is 36.0 Å². The van der Waals surface area contributed by atoms with Crippen LogP contribution in [0.25, 0.3) is 5.69 Å². The predicted octanol–water partition coefficient (Wildman–Crippen LogP) is 2.60. The lowest BCUT2D eigenvalue weighted by Gasteiger charge is -2.16. The van der Waals surface area contributed by atoms with Crippen molar-refractivity contribution in [2.45, 2.75) is 19.4 Å². The van der Waals surface area contributed by atoms with Gasteiger partial charge >= 0.3 is 5.97 Å². The van der Waals surface area contributed by atoms with Crippen LogP contribution >= 0.6 is 11.6 Å². The molecule has 1 unspecified atom stereocenters. The Morgan fingerprint density at radius 1 is 1.30 bits per heavy atom. The van der Waals surface area contributed by atoms with Crippen molar-refractivity contribution in [3.8, 4) is 5.69 Å². The summed E-state index contributed by atoms with van der Waals surface area (Å²) in [6, 6.07) is 7.67. The van der Waals surface area contributed by atoms with Crippen molar-refractivity contribution in [2.75, 3.05) is 0 Å². The minimum Gasteiger partial charge on any atom is -0.480 e. The van der Waals surface area contributed by atoms with Crippen molar-refractivity contribution in [1.29, 1.82) is 0 Å². The van der Waals surface area contributed by atoms with Crippen LogP contribution in [0.15, 0.2) is 48.9 Å². The SMILES string of the molecule is Cc1c(CC(NC(=O)c2cc(-n3cccc3)ccc2Cl)C(=O)O)cnn1C. The van der Waals surface area contributed by atoms with Crippen LogP contribution in [0.2, 0.25) is 5.02 Å². The monoisotopic (exact) mass is 386 g/mol. The highest BCUT2D eigenvalue weighted by Crippen LogP contribution is 2.21. The van der Waals surface area contributed by atoms with Crippen molar-refractivity contribution in [3.05, 3.63) is 70.8 Å². The topological polar surface area (TPSA) is 89.2 Å². The molecule has 8 heteroatoms. The molecule has 1 amide bonds. The molecule has 140 valence electrons. The Bertz CT molecular complexity index is 979. The molecule has 3 aromatic rings. The third kappa shape index (κ3) is 4.03. The van der Waals surface area contributed by atoms with Gasteiger partial charge in [0.05, 0.1) is 16.8 Å². The number of nitrogens with one attached hydrogen (secondary N) is 1. The summed E-state index contributed by atoms with van der Waals surface area (Å²) in [4.78, 5) is 24.3. The Hall–Kier alpha value is -3.06. The molecule has 27 heavy (non-hydrogen) atoms. The highest BCUT2D eigenvalue weighted by molar-refractivity contribution is 6.34. The first-order valence-electron chi connectivity index (χ1n) is 8.31. The normalized spacial score (nSPS) is 12.0. The van der Waals surface area contributed by atoms with Gasteiger partial charge in [-0.25, -0.2) is 4.79 Å². The standard InChI is InChI=1S/C19H19ClN4O3/c1-12-13(11-21-23(12)2)9-17(19(26)27)22-18(25)15-10-14(5-6-16(15)20)24-7-3-4-8-24/h3-8,10-11,17H,9H2,1-2H3,(H,22,25)(H,26,27). The molecule has 0 bridgehead atoms. The first-order chi connectivity index (χ1) is 12.9. The zero-order chi connectivity index (χ0) is 19.6. The highest BCUT2D eigenvalue weighted by Gasteiger charge is 2.24. The number of rotatable bonds is 6. The van der Waals surface area contributed by atoms with Gasteiger partial charge in [0.25, 0.3) is 5.91 Å². The predicted molar refractivity (Wildman–Crippen MR) is 101 cm³/mol. The largest absolute Gasteiger partial charge is 0.480 e. The van der Waals surface area contributed by atoms with Gasteiger partial charge in [0.2, 0.25) is 0 Å². The van der Waals surface area contributed by atoms with E-state index in [0.717, 1.165) is 16.9 Å². The number of carboxylic acids is 1. The number of halogens is 1. The Balaban J connectivity index is 1.83. The summed E-state index contributed by atoms with van der Waals surface area (Å²) in [6.07, 6.45) is 5.43. The highest BCUT2D eigenvalue weighted by atomic mass is 35.5. The van der Waals surface area contributed by atoms with Gasteiger partial charge in [-0.2, -0.15) is 5.10 Å². The molecule has 1 aromatic carbocycles. The Morgan fingerprint density at radius 2 is 2.00 bits per heavy atom. The number of amides is 1. The van der Waals surface area contributed by atoms with Crippen LogP contribution in [0, 0.1) is 6.92 Å². The number of carbonyl (C=O) groups excluding carboxylic acids is 1. The van der Waals surface area contributed by atoms with Crippen molar-refractivity contribution < 1.29 is 14.7 Å². The van der Waals surface area contributed by atoms with Gasteiger partial charge in [0.15, 0.2) is 0 Å². The molecule has 2 heterocycles. The van der Waals surface area contributed by atoms with E-state index in [2.05, 4.69) is 10.4 Å². The van der Waals surface area contributed by atoms with Crippen LogP contribution in [-0.4, -0.2) is 37.4 Å². The fraction of sp³-hybridized carbons (Fsp3) is 0.211. The molecule has 0 aliphatic carbocycles. The molecule has 2 aromatic heterocycles. The minimum absolute atomic E-state index is 0.135. The number of aryl methyl sites for hydroxylation is 1.